The van der Waals surface area contributed by atoms with Crippen molar-refractivity contribution in [1.82, 2.24) is 0 Å². The van der Waals surface area contributed by atoms with Crippen molar-refractivity contribution in [3.8, 4) is 11.5 Å². The summed E-state index contributed by atoms with van der Waals surface area (Å²) in [5, 5.41) is 2.83. The van der Waals surface area contributed by atoms with Crippen molar-refractivity contribution < 1.29 is 19.1 Å². The summed E-state index contributed by atoms with van der Waals surface area (Å²) in [4.78, 5) is 24.6. The van der Waals surface area contributed by atoms with E-state index in [-0.39, 0.29) is 5.91 Å². The number of esters is 1. The second-order valence-electron chi connectivity index (χ2n) is 6.84. The molecule has 3 aromatic rings. The molecule has 0 saturated heterocycles. The van der Waals surface area contributed by atoms with Gasteiger partial charge in [0, 0.05) is 11.3 Å². The highest BCUT2D eigenvalue weighted by Crippen LogP contribution is 2.18. The van der Waals surface area contributed by atoms with Gasteiger partial charge in [0.15, 0.2) is 6.10 Å². The molecular weight excluding hydrogens is 366 g/mol. The van der Waals surface area contributed by atoms with Crippen LogP contribution in [0.4, 0.5) is 5.69 Å². The van der Waals surface area contributed by atoms with Crippen molar-refractivity contribution >= 4 is 17.6 Å². The lowest BCUT2D eigenvalue weighted by Gasteiger charge is -2.14. The second-order valence-corrected chi connectivity index (χ2v) is 6.84. The number of hydrogen-bond donors (Lipinski definition) is 1. The molecule has 0 aliphatic heterocycles. The van der Waals surface area contributed by atoms with E-state index in [0.29, 0.717) is 17.1 Å². The summed E-state index contributed by atoms with van der Waals surface area (Å²) in [5.41, 5.74) is 3.35. The molecule has 0 fully saturated rings. The molecule has 3 aromatic carbocycles. The maximum absolute atomic E-state index is 12.3. The Labute approximate surface area is 170 Å². The van der Waals surface area contributed by atoms with Gasteiger partial charge in [-0.05, 0) is 74.9 Å². The van der Waals surface area contributed by atoms with Crippen LogP contribution in [0.2, 0.25) is 0 Å². The van der Waals surface area contributed by atoms with Crippen LogP contribution < -0.4 is 14.8 Å². The minimum Gasteiger partial charge on any atom is -0.479 e. The van der Waals surface area contributed by atoms with Crippen LogP contribution in [0.5, 0.6) is 11.5 Å². The first kappa shape index (κ1) is 20.1. The van der Waals surface area contributed by atoms with E-state index < -0.39 is 12.1 Å². The third-order valence-corrected chi connectivity index (χ3v) is 4.28. The Hall–Kier alpha value is -3.60. The molecule has 0 heterocycles. The molecule has 0 radical (unpaired) electrons. The average Bonchev–Trinajstić information content (AvgIpc) is 2.70. The van der Waals surface area contributed by atoms with Gasteiger partial charge >= 0.3 is 5.97 Å². The van der Waals surface area contributed by atoms with Crippen LogP contribution in [0, 0.1) is 13.8 Å². The molecule has 0 spiro atoms. The van der Waals surface area contributed by atoms with Crippen molar-refractivity contribution in [2.75, 3.05) is 5.32 Å². The fraction of sp³-hybridized carbons (Fsp3) is 0.167. The molecule has 148 valence electrons. The molecule has 5 heteroatoms. The number of anilines is 1. The number of hydrogen-bond acceptors (Lipinski definition) is 4. The zero-order chi connectivity index (χ0) is 20.8. The van der Waals surface area contributed by atoms with Gasteiger partial charge in [-0.1, -0.05) is 29.8 Å². The first-order valence-electron chi connectivity index (χ1n) is 9.34. The number of carbonyl (C=O) groups is 2. The summed E-state index contributed by atoms with van der Waals surface area (Å²) in [6.45, 7) is 5.57. The predicted molar refractivity (Wildman–Crippen MR) is 112 cm³/mol. The maximum Gasteiger partial charge on any atom is 0.352 e. The summed E-state index contributed by atoms with van der Waals surface area (Å²) < 4.78 is 11.0. The molecular formula is C24H23NO4. The first-order valence-corrected chi connectivity index (χ1v) is 9.34. The number of carbonyl (C=O) groups excluding carboxylic acids is 2. The van der Waals surface area contributed by atoms with E-state index in [9.17, 15) is 9.59 Å². The van der Waals surface area contributed by atoms with Gasteiger partial charge in [-0.3, -0.25) is 4.79 Å². The lowest BCUT2D eigenvalue weighted by atomic mass is 10.2. The molecule has 29 heavy (non-hydrogen) atoms. The fourth-order valence-electron chi connectivity index (χ4n) is 2.65. The van der Waals surface area contributed by atoms with E-state index in [4.69, 9.17) is 9.47 Å². The van der Waals surface area contributed by atoms with Gasteiger partial charge in [-0.15, -0.1) is 0 Å². The third-order valence-electron chi connectivity index (χ3n) is 4.28. The standard InChI is InChI=1S/C24H23NO4/c1-16-7-11-20(12-8-16)25-23(26)19-9-13-21(14-10-19)29-24(27)18(3)28-22-6-4-5-17(2)15-22/h4-15,18H,1-3H3,(H,25,26). The Morgan fingerprint density at radius 2 is 1.52 bits per heavy atom. The number of amides is 1. The van der Waals surface area contributed by atoms with Crippen molar-refractivity contribution in [2.24, 2.45) is 0 Å². The van der Waals surface area contributed by atoms with Crippen molar-refractivity contribution in [1.29, 1.82) is 0 Å². The highest BCUT2D eigenvalue weighted by molar-refractivity contribution is 6.04. The molecule has 0 aliphatic rings. The molecule has 5 nitrogen and oxygen atoms in total. The van der Waals surface area contributed by atoms with Gasteiger partial charge in [0.05, 0.1) is 0 Å². The number of benzene rings is 3. The highest BCUT2D eigenvalue weighted by atomic mass is 16.6. The van der Waals surface area contributed by atoms with Crippen LogP contribution in [0.25, 0.3) is 0 Å². The van der Waals surface area contributed by atoms with Gasteiger partial charge in [0.2, 0.25) is 0 Å². The van der Waals surface area contributed by atoms with Crippen LogP contribution in [0.1, 0.15) is 28.4 Å². The van der Waals surface area contributed by atoms with Crippen LogP contribution >= 0.6 is 0 Å². The molecule has 0 bridgehead atoms. The Balaban J connectivity index is 1.57. The lowest BCUT2D eigenvalue weighted by molar-refractivity contribution is -0.141. The monoisotopic (exact) mass is 389 g/mol. The zero-order valence-electron chi connectivity index (χ0n) is 16.6. The minimum atomic E-state index is -0.763. The van der Waals surface area contributed by atoms with Gasteiger partial charge in [0.1, 0.15) is 11.5 Å². The van der Waals surface area contributed by atoms with Crippen molar-refractivity contribution in [3.63, 3.8) is 0 Å². The molecule has 0 aliphatic carbocycles. The van der Waals surface area contributed by atoms with Gasteiger partial charge in [0.25, 0.3) is 5.91 Å². The third kappa shape index (κ3) is 5.69. The molecule has 0 aromatic heterocycles. The van der Waals surface area contributed by atoms with E-state index in [1.165, 1.54) is 0 Å². The van der Waals surface area contributed by atoms with E-state index in [1.54, 1.807) is 37.3 Å². The largest absolute Gasteiger partial charge is 0.479 e. The summed E-state index contributed by atoms with van der Waals surface area (Å²) >= 11 is 0. The van der Waals surface area contributed by atoms with Crippen molar-refractivity contribution in [2.45, 2.75) is 26.9 Å². The first-order chi connectivity index (χ1) is 13.9. The Morgan fingerprint density at radius 1 is 0.828 bits per heavy atom. The van der Waals surface area contributed by atoms with E-state index in [0.717, 1.165) is 16.8 Å². The fourth-order valence-corrected chi connectivity index (χ4v) is 2.65. The van der Waals surface area contributed by atoms with E-state index >= 15 is 0 Å². The number of aryl methyl sites for hydroxylation is 2. The Morgan fingerprint density at radius 3 is 2.17 bits per heavy atom. The molecule has 0 saturated carbocycles. The highest BCUT2D eigenvalue weighted by Gasteiger charge is 2.17. The summed E-state index contributed by atoms with van der Waals surface area (Å²) in [6, 6.07) is 21.4. The normalized spacial score (nSPS) is 11.4. The summed E-state index contributed by atoms with van der Waals surface area (Å²) in [5.74, 6) is 0.213. The molecule has 1 atom stereocenters. The van der Waals surface area contributed by atoms with Gasteiger partial charge in [-0.2, -0.15) is 0 Å². The topological polar surface area (TPSA) is 64.6 Å². The molecule has 1 N–H and O–H groups in total. The molecule has 3 rings (SSSR count). The Bertz CT molecular complexity index is 994. The number of ether oxygens (including phenoxy) is 2. The average molecular weight is 389 g/mol. The molecule has 1 amide bonds. The zero-order valence-corrected chi connectivity index (χ0v) is 16.6. The van der Waals surface area contributed by atoms with E-state index in [1.807, 2.05) is 56.3 Å². The smallest absolute Gasteiger partial charge is 0.352 e. The van der Waals surface area contributed by atoms with Crippen LogP contribution in [0.3, 0.4) is 0 Å². The lowest BCUT2D eigenvalue weighted by Crippen LogP contribution is -2.28. The van der Waals surface area contributed by atoms with Crippen molar-refractivity contribution in [3.05, 3.63) is 89.5 Å². The summed E-state index contributed by atoms with van der Waals surface area (Å²) in [6.07, 6.45) is -0.763. The van der Waals surface area contributed by atoms with E-state index in [2.05, 4.69) is 5.32 Å². The quantitative estimate of drug-likeness (QED) is 0.480. The molecule has 1 unspecified atom stereocenters. The second kappa shape index (κ2) is 9.06. The van der Waals surface area contributed by atoms with Gasteiger partial charge < -0.3 is 14.8 Å². The predicted octanol–water partition coefficient (Wildman–Crippen LogP) is 4.93. The van der Waals surface area contributed by atoms with Crippen LogP contribution in [-0.2, 0) is 4.79 Å². The van der Waals surface area contributed by atoms with Gasteiger partial charge in [-0.25, -0.2) is 4.79 Å². The SMILES string of the molecule is Cc1ccc(NC(=O)c2ccc(OC(=O)C(C)Oc3cccc(C)c3)cc2)cc1. The van der Waals surface area contributed by atoms with Crippen LogP contribution in [0.15, 0.2) is 72.8 Å². The van der Waals surface area contributed by atoms with Crippen LogP contribution in [-0.4, -0.2) is 18.0 Å². The summed E-state index contributed by atoms with van der Waals surface area (Å²) in [7, 11) is 0. The maximum atomic E-state index is 12.3. The number of nitrogens with one attached hydrogen (secondary N) is 1. The Kier molecular flexibility index (Phi) is 6.29. The number of rotatable bonds is 6. The minimum absolute atomic E-state index is 0.233.